The number of guanidine groups is 1. The lowest BCUT2D eigenvalue weighted by atomic mass is 10.2. The molecule has 1 aliphatic rings. The van der Waals surface area contributed by atoms with Crippen molar-refractivity contribution in [2.45, 2.75) is 18.9 Å². The van der Waals surface area contributed by atoms with Crippen LogP contribution in [0, 0.1) is 11.6 Å². The Morgan fingerprint density at radius 2 is 1.96 bits per heavy atom. The molecule has 2 aromatic rings. The molecule has 1 aliphatic heterocycles. The standard InChI is InChI=1S/C19H18BrF2N3O2/c20-13-4-6-14(7-5-13)24-19(23-11-15-2-1-9-27-15)25-18(26)12-3-8-16(21)17(22)10-12/h3-8,10,15H,1-2,9,11H2,(H2,23,24,25,26)/t15-/m0/s1. The highest BCUT2D eigenvalue weighted by Gasteiger charge is 2.16. The molecule has 3 rings (SSSR count). The van der Waals surface area contributed by atoms with Crippen molar-refractivity contribution in [1.82, 2.24) is 5.32 Å². The zero-order valence-corrected chi connectivity index (χ0v) is 15.9. The van der Waals surface area contributed by atoms with Crippen LogP contribution < -0.4 is 10.6 Å². The first-order valence-corrected chi connectivity index (χ1v) is 9.25. The summed E-state index contributed by atoms with van der Waals surface area (Å²) < 4.78 is 32.9. The molecule has 0 bridgehead atoms. The highest BCUT2D eigenvalue weighted by Crippen LogP contribution is 2.15. The van der Waals surface area contributed by atoms with Crippen LogP contribution >= 0.6 is 15.9 Å². The van der Waals surface area contributed by atoms with Crippen LogP contribution in [0.5, 0.6) is 0 Å². The molecule has 1 saturated heterocycles. The molecule has 5 nitrogen and oxygen atoms in total. The molecule has 0 spiro atoms. The van der Waals surface area contributed by atoms with Gasteiger partial charge in [0.2, 0.25) is 5.96 Å². The maximum Gasteiger partial charge on any atom is 0.258 e. The van der Waals surface area contributed by atoms with Gasteiger partial charge in [-0.15, -0.1) is 0 Å². The van der Waals surface area contributed by atoms with Gasteiger partial charge in [-0.1, -0.05) is 15.9 Å². The Kier molecular flexibility index (Phi) is 6.52. The number of carbonyl (C=O) groups excluding carboxylic acids is 1. The lowest BCUT2D eigenvalue weighted by molar-refractivity contribution is 0.0975. The molecule has 8 heteroatoms. The van der Waals surface area contributed by atoms with Gasteiger partial charge in [0.15, 0.2) is 11.6 Å². The van der Waals surface area contributed by atoms with E-state index in [0.29, 0.717) is 13.2 Å². The van der Waals surface area contributed by atoms with Crippen LogP contribution in [-0.4, -0.2) is 31.1 Å². The number of aliphatic imine (C=N–C) groups is 1. The van der Waals surface area contributed by atoms with Gasteiger partial charge in [-0.2, -0.15) is 0 Å². The van der Waals surface area contributed by atoms with Crippen LogP contribution in [0.25, 0.3) is 0 Å². The molecule has 1 heterocycles. The van der Waals surface area contributed by atoms with Crippen molar-refractivity contribution in [3.63, 3.8) is 0 Å². The van der Waals surface area contributed by atoms with Crippen molar-refractivity contribution in [2.24, 2.45) is 4.99 Å². The van der Waals surface area contributed by atoms with E-state index >= 15 is 0 Å². The molecular formula is C19H18BrF2N3O2. The van der Waals surface area contributed by atoms with Gasteiger partial charge >= 0.3 is 0 Å². The first-order chi connectivity index (χ1) is 13.0. The molecule has 0 radical (unpaired) electrons. The Bertz CT molecular complexity index is 837. The number of hydrogen-bond acceptors (Lipinski definition) is 3. The number of nitrogens with zero attached hydrogens (tertiary/aromatic N) is 1. The van der Waals surface area contributed by atoms with Gasteiger partial charge in [0.1, 0.15) is 0 Å². The van der Waals surface area contributed by atoms with E-state index < -0.39 is 17.5 Å². The summed E-state index contributed by atoms with van der Waals surface area (Å²) >= 11 is 3.36. The average Bonchev–Trinajstić information content (AvgIpc) is 3.17. The van der Waals surface area contributed by atoms with E-state index in [0.717, 1.165) is 35.1 Å². The summed E-state index contributed by atoms with van der Waals surface area (Å²) in [5.41, 5.74) is 0.714. The van der Waals surface area contributed by atoms with E-state index in [4.69, 9.17) is 4.74 Å². The van der Waals surface area contributed by atoms with E-state index in [1.807, 2.05) is 24.3 Å². The van der Waals surface area contributed by atoms with Crippen molar-refractivity contribution >= 4 is 33.5 Å². The topological polar surface area (TPSA) is 62.7 Å². The zero-order valence-electron chi connectivity index (χ0n) is 14.3. The summed E-state index contributed by atoms with van der Waals surface area (Å²) in [6.07, 6.45) is 1.90. The molecule has 1 amide bonds. The zero-order chi connectivity index (χ0) is 19.2. The van der Waals surface area contributed by atoms with E-state index in [2.05, 4.69) is 31.6 Å². The van der Waals surface area contributed by atoms with E-state index in [-0.39, 0.29) is 17.6 Å². The minimum atomic E-state index is -1.08. The first kappa shape index (κ1) is 19.4. The Hall–Kier alpha value is -2.32. The Labute approximate surface area is 164 Å². The van der Waals surface area contributed by atoms with Gasteiger partial charge in [0.25, 0.3) is 5.91 Å². The monoisotopic (exact) mass is 437 g/mol. The number of carbonyl (C=O) groups is 1. The average molecular weight is 438 g/mol. The number of amides is 1. The maximum absolute atomic E-state index is 13.4. The van der Waals surface area contributed by atoms with E-state index in [1.54, 1.807) is 0 Å². The number of ether oxygens (including phenoxy) is 1. The summed E-state index contributed by atoms with van der Waals surface area (Å²) in [6, 6.07) is 10.3. The molecule has 1 atom stereocenters. The molecule has 0 saturated carbocycles. The van der Waals surface area contributed by atoms with Gasteiger partial charge in [-0.25, -0.2) is 13.8 Å². The molecule has 1 fully saturated rings. The lowest BCUT2D eigenvalue weighted by Crippen LogP contribution is -2.36. The number of hydrogen-bond donors (Lipinski definition) is 2. The molecule has 0 aromatic heterocycles. The third-order valence-electron chi connectivity index (χ3n) is 4.00. The molecule has 0 unspecified atom stereocenters. The summed E-state index contributed by atoms with van der Waals surface area (Å²) in [6.45, 7) is 1.09. The van der Waals surface area contributed by atoms with E-state index in [1.165, 1.54) is 6.07 Å². The van der Waals surface area contributed by atoms with Gasteiger partial charge < -0.3 is 10.1 Å². The second-order valence-corrected chi connectivity index (χ2v) is 6.95. The van der Waals surface area contributed by atoms with Gasteiger partial charge in [-0.3, -0.25) is 10.1 Å². The second kappa shape index (κ2) is 9.05. The minimum absolute atomic E-state index is 0.00341. The summed E-state index contributed by atoms with van der Waals surface area (Å²) in [5, 5.41) is 5.64. The number of benzene rings is 2. The molecule has 0 aliphatic carbocycles. The lowest BCUT2D eigenvalue weighted by Gasteiger charge is -2.13. The Morgan fingerprint density at radius 3 is 2.63 bits per heavy atom. The smallest absolute Gasteiger partial charge is 0.258 e. The normalized spacial score (nSPS) is 17.0. The Balaban J connectivity index is 1.75. The predicted octanol–water partition coefficient (Wildman–Crippen LogP) is 4.10. The molecule has 2 aromatic carbocycles. The molecule has 2 N–H and O–H groups in total. The van der Waals surface area contributed by atoms with Crippen LogP contribution in [0.3, 0.4) is 0 Å². The quantitative estimate of drug-likeness (QED) is 0.558. The largest absolute Gasteiger partial charge is 0.376 e. The Morgan fingerprint density at radius 1 is 1.19 bits per heavy atom. The highest BCUT2D eigenvalue weighted by molar-refractivity contribution is 9.10. The van der Waals surface area contributed by atoms with Crippen molar-refractivity contribution in [3.05, 3.63) is 64.1 Å². The highest BCUT2D eigenvalue weighted by atomic mass is 79.9. The molecular weight excluding hydrogens is 420 g/mol. The van der Waals surface area contributed by atoms with Crippen molar-refractivity contribution < 1.29 is 18.3 Å². The van der Waals surface area contributed by atoms with Crippen molar-refractivity contribution in [2.75, 3.05) is 18.5 Å². The third-order valence-corrected chi connectivity index (χ3v) is 4.53. The minimum Gasteiger partial charge on any atom is -0.376 e. The SMILES string of the molecule is O=C(NC(=NC[C@@H]1CCCO1)Nc1ccc(Br)cc1)c1ccc(F)c(F)c1. The van der Waals surface area contributed by atoms with E-state index in [9.17, 15) is 13.6 Å². The van der Waals surface area contributed by atoms with Crippen LogP contribution in [-0.2, 0) is 4.74 Å². The number of halogens is 3. The first-order valence-electron chi connectivity index (χ1n) is 8.46. The van der Waals surface area contributed by atoms with Gasteiger partial charge in [0, 0.05) is 22.3 Å². The van der Waals surface area contributed by atoms with Gasteiger partial charge in [0.05, 0.1) is 12.6 Å². The maximum atomic E-state index is 13.4. The van der Waals surface area contributed by atoms with Crippen molar-refractivity contribution in [1.29, 1.82) is 0 Å². The van der Waals surface area contributed by atoms with Crippen LogP contribution in [0.4, 0.5) is 14.5 Å². The molecule has 142 valence electrons. The third kappa shape index (κ3) is 5.58. The summed E-state index contributed by atoms with van der Waals surface area (Å²) in [4.78, 5) is 16.8. The second-order valence-electron chi connectivity index (χ2n) is 6.04. The van der Waals surface area contributed by atoms with Crippen molar-refractivity contribution in [3.8, 4) is 0 Å². The number of nitrogens with one attached hydrogen (secondary N) is 2. The molecule has 27 heavy (non-hydrogen) atoms. The fourth-order valence-corrected chi connectivity index (χ4v) is 2.84. The van der Waals surface area contributed by atoms with Crippen LogP contribution in [0.1, 0.15) is 23.2 Å². The number of rotatable bonds is 4. The number of anilines is 1. The summed E-state index contributed by atoms with van der Waals surface area (Å²) in [7, 11) is 0. The summed E-state index contributed by atoms with van der Waals surface area (Å²) in [5.74, 6) is -2.47. The fourth-order valence-electron chi connectivity index (χ4n) is 2.58. The van der Waals surface area contributed by atoms with Crippen LogP contribution in [0.15, 0.2) is 51.9 Å². The van der Waals surface area contributed by atoms with Crippen LogP contribution in [0.2, 0.25) is 0 Å². The fraction of sp³-hybridized carbons (Fsp3) is 0.263. The predicted molar refractivity (Wildman–Crippen MR) is 103 cm³/mol. The van der Waals surface area contributed by atoms with Gasteiger partial charge in [-0.05, 0) is 55.3 Å².